The summed E-state index contributed by atoms with van der Waals surface area (Å²) in [5, 5.41) is 12.3. The lowest BCUT2D eigenvalue weighted by Gasteiger charge is -2.43. The van der Waals surface area contributed by atoms with Crippen LogP contribution in [0, 0.1) is 5.92 Å². The number of hydrogen-bond donors (Lipinski definition) is 1. The molecule has 4 nitrogen and oxygen atoms in total. The second kappa shape index (κ2) is 8.74. The first-order valence-electron chi connectivity index (χ1n) is 10.7. The molecule has 162 valence electrons. The van der Waals surface area contributed by atoms with Crippen molar-refractivity contribution in [2.24, 2.45) is 5.92 Å². The average Bonchev–Trinajstić information content (AvgIpc) is 2.80. The van der Waals surface area contributed by atoms with Gasteiger partial charge in [-0.1, -0.05) is 42.5 Å². The lowest BCUT2D eigenvalue weighted by Crippen LogP contribution is -2.45. The highest BCUT2D eigenvalue weighted by atomic mass is 16.5. The number of methoxy groups -OCH3 is 2. The fraction of sp³-hybridized carbons (Fsp3) is 0.333. The van der Waals surface area contributed by atoms with Gasteiger partial charge in [-0.2, -0.15) is 0 Å². The highest BCUT2D eigenvalue weighted by molar-refractivity contribution is 5.66. The summed E-state index contributed by atoms with van der Waals surface area (Å²) in [6.07, 6.45) is 1.87. The highest BCUT2D eigenvalue weighted by Crippen LogP contribution is 2.46. The molecule has 31 heavy (non-hydrogen) atoms. The fourth-order valence-electron chi connectivity index (χ4n) is 4.81. The highest BCUT2D eigenvalue weighted by Gasteiger charge is 2.44. The molecule has 1 aliphatic carbocycles. The van der Waals surface area contributed by atoms with Gasteiger partial charge in [-0.3, -0.25) is 0 Å². The molecule has 0 amide bonds. The molecular weight excluding hydrogens is 386 g/mol. The van der Waals surface area contributed by atoms with Crippen molar-refractivity contribution in [1.82, 2.24) is 4.90 Å². The van der Waals surface area contributed by atoms with E-state index in [4.69, 9.17) is 9.47 Å². The van der Waals surface area contributed by atoms with Gasteiger partial charge in [-0.15, -0.1) is 0 Å². The van der Waals surface area contributed by atoms with Crippen LogP contribution in [-0.2, 0) is 12.0 Å². The number of fused-ring (bicyclic) bond motifs is 1. The van der Waals surface area contributed by atoms with Crippen molar-refractivity contribution in [1.29, 1.82) is 0 Å². The molecular formula is C27H31NO3. The second-order valence-electron chi connectivity index (χ2n) is 8.60. The van der Waals surface area contributed by atoms with Gasteiger partial charge in [0, 0.05) is 12.5 Å². The molecule has 0 radical (unpaired) electrons. The summed E-state index contributed by atoms with van der Waals surface area (Å²) < 4.78 is 10.7. The molecule has 2 atom stereocenters. The van der Waals surface area contributed by atoms with Gasteiger partial charge >= 0.3 is 0 Å². The van der Waals surface area contributed by atoms with Crippen molar-refractivity contribution in [2.45, 2.75) is 18.4 Å². The molecule has 4 heteroatoms. The van der Waals surface area contributed by atoms with Crippen LogP contribution in [0.4, 0.5) is 0 Å². The number of hydrogen-bond acceptors (Lipinski definition) is 4. The van der Waals surface area contributed by atoms with Crippen LogP contribution in [0.3, 0.4) is 0 Å². The quantitative estimate of drug-likeness (QED) is 0.630. The van der Waals surface area contributed by atoms with Crippen LogP contribution in [0.5, 0.6) is 11.5 Å². The fourth-order valence-corrected chi connectivity index (χ4v) is 4.81. The van der Waals surface area contributed by atoms with E-state index >= 15 is 0 Å². The largest absolute Gasteiger partial charge is 0.497 e. The molecule has 0 fully saturated rings. The van der Waals surface area contributed by atoms with Crippen LogP contribution in [0.15, 0.2) is 66.7 Å². The smallest absolute Gasteiger partial charge is 0.119 e. The Morgan fingerprint density at radius 1 is 0.903 bits per heavy atom. The maximum absolute atomic E-state index is 12.3. The first kappa shape index (κ1) is 21.4. The van der Waals surface area contributed by atoms with Crippen LogP contribution in [0.2, 0.25) is 0 Å². The van der Waals surface area contributed by atoms with Gasteiger partial charge in [-0.05, 0) is 79.0 Å². The third-order valence-electron chi connectivity index (χ3n) is 6.39. The van der Waals surface area contributed by atoms with Crippen LogP contribution >= 0.6 is 0 Å². The van der Waals surface area contributed by atoms with Crippen LogP contribution in [0.1, 0.15) is 23.1 Å². The Hall–Kier alpha value is -2.82. The van der Waals surface area contributed by atoms with Gasteiger partial charge < -0.3 is 19.5 Å². The molecule has 0 unspecified atom stereocenters. The Bertz CT molecular complexity index is 1040. The van der Waals surface area contributed by atoms with E-state index in [9.17, 15) is 5.11 Å². The minimum atomic E-state index is -1.06. The lowest BCUT2D eigenvalue weighted by molar-refractivity contribution is -0.00649. The third kappa shape index (κ3) is 4.06. The summed E-state index contributed by atoms with van der Waals surface area (Å²) in [4.78, 5) is 2.16. The predicted octanol–water partition coefficient (Wildman–Crippen LogP) is 4.73. The molecule has 0 spiro atoms. The van der Waals surface area contributed by atoms with Gasteiger partial charge in [0.15, 0.2) is 0 Å². The summed E-state index contributed by atoms with van der Waals surface area (Å²) in [5.74, 6) is 1.70. The van der Waals surface area contributed by atoms with E-state index in [-0.39, 0.29) is 5.92 Å². The Morgan fingerprint density at radius 3 is 2.29 bits per heavy atom. The number of aryl methyl sites for hydroxylation is 1. The van der Waals surface area contributed by atoms with Crippen molar-refractivity contribution >= 4 is 0 Å². The molecule has 1 N–H and O–H groups in total. The summed E-state index contributed by atoms with van der Waals surface area (Å²) >= 11 is 0. The maximum atomic E-state index is 12.3. The zero-order valence-corrected chi connectivity index (χ0v) is 18.8. The van der Waals surface area contributed by atoms with Crippen molar-refractivity contribution < 1.29 is 14.6 Å². The van der Waals surface area contributed by atoms with Crippen molar-refractivity contribution in [3.05, 3.63) is 83.4 Å². The van der Waals surface area contributed by atoms with Crippen LogP contribution in [0.25, 0.3) is 11.1 Å². The van der Waals surface area contributed by atoms with Gasteiger partial charge in [0.1, 0.15) is 17.1 Å². The van der Waals surface area contributed by atoms with Gasteiger partial charge in [-0.25, -0.2) is 0 Å². The van der Waals surface area contributed by atoms with E-state index in [2.05, 4.69) is 49.3 Å². The van der Waals surface area contributed by atoms with Gasteiger partial charge in [0.05, 0.1) is 14.2 Å². The number of nitrogens with zero attached hydrogens (tertiary/aromatic N) is 1. The minimum Gasteiger partial charge on any atom is -0.497 e. The van der Waals surface area contributed by atoms with Crippen molar-refractivity contribution in [2.75, 3.05) is 34.9 Å². The molecule has 1 aliphatic rings. The maximum Gasteiger partial charge on any atom is 0.119 e. The van der Waals surface area contributed by atoms with E-state index in [1.165, 1.54) is 5.56 Å². The molecule has 0 aromatic heterocycles. The Balaban J connectivity index is 1.80. The molecule has 0 aliphatic heterocycles. The number of aliphatic hydroxyl groups is 1. The zero-order chi connectivity index (χ0) is 22.0. The SMILES string of the molecule is COc1ccc(-c2ccc3c(c2)CC[C@H](CN(C)C)[C@@]3(O)c2cccc(OC)c2)cc1. The van der Waals surface area contributed by atoms with Crippen LogP contribution in [-0.4, -0.2) is 44.9 Å². The topological polar surface area (TPSA) is 41.9 Å². The first-order chi connectivity index (χ1) is 15.0. The molecule has 3 aromatic rings. The van der Waals surface area contributed by atoms with E-state index < -0.39 is 5.60 Å². The van der Waals surface area contributed by atoms with E-state index in [1.807, 2.05) is 36.4 Å². The van der Waals surface area contributed by atoms with Crippen molar-refractivity contribution in [3.8, 4) is 22.6 Å². The monoisotopic (exact) mass is 417 g/mol. The van der Waals surface area contributed by atoms with Gasteiger partial charge in [0.2, 0.25) is 0 Å². The first-order valence-corrected chi connectivity index (χ1v) is 10.7. The Labute approximate surface area is 185 Å². The van der Waals surface area contributed by atoms with Crippen molar-refractivity contribution in [3.63, 3.8) is 0 Å². The van der Waals surface area contributed by atoms with E-state index in [0.29, 0.717) is 0 Å². The molecule has 4 rings (SSSR count). The van der Waals surface area contributed by atoms with E-state index in [0.717, 1.165) is 53.1 Å². The third-order valence-corrected chi connectivity index (χ3v) is 6.39. The molecule has 0 saturated heterocycles. The molecule has 0 heterocycles. The average molecular weight is 418 g/mol. The minimum absolute atomic E-state index is 0.0916. The molecule has 0 bridgehead atoms. The second-order valence-corrected chi connectivity index (χ2v) is 8.60. The predicted molar refractivity (Wildman–Crippen MR) is 125 cm³/mol. The van der Waals surface area contributed by atoms with Crippen LogP contribution < -0.4 is 9.47 Å². The van der Waals surface area contributed by atoms with Gasteiger partial charge in [0.25, 0.3) is 0 Å². The zero-order valence-electron chi connectivity index (χ0n) is 18.8. The number of benzene rings is 3. The molecule has 3 aromatic carbocycles. The summed E-state index contributed by atoms with van der Waals surface area (Å²) in [6.45, 7) is 0.813. The Morgan fingerprint density at radius 2 is 1.61 bits per heavy atom. The molecule has 0 saturated carbocycles. The number of ether oxygens (including phenoxy) is 2. The summed E-state index contributed by atoms with van der Waals surface area (Å²) in [5.41, 5.74) is 4.32. The summed E-state index contributed by atoms with van der Waals surface area (Å²) in [7, 11) is 7.47. The normalized spacial score (nSPS) is 20.4. The lowest BCUT2D eigenvalue weighted by atomic mass is 9.67. The Kier molecular flexibility index (Phi) is 6.03. The summed E-state index contributed by atoms with van der Waals surface area (Å²) in [6, 6.07) is 22.4. The number of rotatable bonds is 6. The van der Waals surface area contributed by atoms with E-state index in [1.54, 1.807) is 14.2 Å². The standard InChI is InChI=1S/C27H31NO3/c1-28(2)18-23-12-8-21-16-20(19-9-13-24(30-3)14-10-19)11-15-26(21)27(23,29)22-6-5-7-25(17-22)31-4/h5-7,9-11,13-17,23,29H,8,12,18H2,1-4H3/t23-,27+/m1/s1.